The quantitative estimate of drug-likeness (QED) is 0.271. The minimum Gasteiger partial charge on any atom is -0.388 e. The highest BCUT2D eigenvalue weighted by atomic mass is 35.5. The molecule has 43 heavy (non-hydrogen) atoms. The van der Waals surface area contributed by atoms with Crippen molar-refractivity contribution in [2.75, 3.05) is 13.1 Å². The lowest BCUT2D eigenvalue weighted by atomic mass is 9.94. The fraction of sp³-hybridized carbons (Fsp3) is 0.333. The standard InChI is InChI=1S/C33H31Cl2FN4O3/c1-18-14-38-27(22-6-4-7-23(30(22)36)31(41)39-9-5-8-33(3,43)17-39)13-28(18)40-19(2)10-26(29(35)32(40)42)25-12-24(25)20-11-21(34)16-37-15-20/h4,6-7,10-11,13-16,24-25,43H,5,8-9,12,17H2,1-3H3/t24-,25+,33+/m1/s1. The first-order valence-electron chi connectivity index (χ1n) is 14.3. The van der Waals surface area contributed by atoms with Gasteiger partial charge in [-0.25, -0.2) is 4.39 Å². The van der Waals surface area contributed by atoms with E-state index in [0.29, 0.717) is 41.4 Å². The average molecular weight is 622 g/mol. The second-order valence-electron chi connectivity index (χ2n) is 11.9. The maximum Gasteiger partial charge on any atom is 0.274 e. The highest BCUT2D eigenvalue weighted by molar-refractivity contribution is 6.31. The van der Waals surface area contributed by atoms with Crippen molar-refractivity contribution in [2.45, 2.75) is 57.5 Å². The van der Waals surface area contributed by atoms with Crippen LogP contribution < -0.4 is 5.56 Å². The van der Waals surface area contributed by atoms with Crippen LogP contribution in [0.5, 0.6) is 0 Å². The van der Waals surface area contributed by atoms with Crippen molar-refractivity contribution < 1.29 is 14.3 Å². The van der Waals surface area contributed by atoms with Gasteiger partial charge in [0, 0.05) is 42.9 Å². The van der Waals surface area contributed by atoms with Gasteiger partial charge < -0.3 is 10.0 Å². The second kappa shape index (κ2) is 11.2. The van der Waals surface area contributed by atoms with E-state index in [0.717, 1.165) is 17.5 Å². The predicted molar refractivity (Wildman–Crippen MR) is 165 cm³/mol. The molecule has 2 aliphatic rings. The third kappa shape index (κ3) is 5.59. The summed E-state index contributed by atoms with van der Waals surface area (Å²) >= 11 is 12.8. The summed E-state index contributed by atoms with van der Waals surface area (Å²) in [7, 11) is 0. The molecule has 2 fully saturated rings. The van der Waals surface area contributed by atoms with E-state index in [1.54, 1.807) is 43.7 Å². The maximum atomic E-state index is 15.9. The van der Waals surface area contributed by atoms with Gasteiger partial charge in [-0.15, -0.1) is 0 Å². The van der Waals surface area contributed by atoms with Crippen LogP contribution in [0.2, 0.25) is 10.0 Å². The molecule has 3 atom stereocenters. The molecule has 1 amide bonds. The Hall–Kier alpha value is -3.59. The molecule has 1 N–H and O–H groups in total. The van der Waals surface area contributed by atoms with Crippen LogP contribution >= 0.6 is 23.2 Å². The van der Waals surface area contributed by atoms with Crippen molar-refractivity contribution in [3.8, 4) is 16.9 Å². The van der Waals surface area contributed by atoms with Crippen LogP contribution in [0.4, 0.5) is 4.39 Å². The number of carbonyl (C=O) groups excluding carboxylic acids is 1. The molecule has 1 saturated carbocycles. The molecule has 1 aliphatic heterocycles. The van der Waals surface area contributed by atoms with E-state index in [1.807, 2.05) is 26.0 Å². The van der Waals surface area contributed by atoms with Gasteiger partial charge in [0.05, 0.1) is 27.6 Å². The molecule has 7 nitrogen and oxygen atoms in total. The molecular formula is C33H31Cl2FN4O3. The first kappa shape index (κ1) is 29.5. The Balaban J connectivity index is 1.34. The van der Waals surface area contributed by atoms with Crippen molar-refractivity contribution in [1.82, 2.24) is 19.4 Å². The molecule has 222 valence electrons. The summed E-state index contributed by atoms with van der Waals surface area (Å²) in [5.74, 6) is -0.914. The lowest BCUT2D eigenvalue weighted by Crippen LogP contribution is -2.48. The second-order valence-corrected chi connectivity index (χ2v) is 12.7. The number of benzene rings is 1. The minimum absolute atomic E-state index is 0.0842. The normalized spacial score (nSPS) is 21.6. The number of nitrogens with zero attached hydrogens (tertiary/aromatic N) is 4. The Kier molecular flexibility index (Phi) is 7.65. The van der Waals surface area contributed by atoms with Crippen molar-refractivity contribution in [3.63, 3.8) is 0 Å². The van der Waals surface area contributed by atoms with Gasteiger partial charge >= 0.3 is 0 Å². The number of aryl methyl sites for hydroxylation is 2. The van der Waals surface area contributed by atoms with Gasteiger partial charge in [0.1, 0.15) is 10.8 Å². The van der Waals surface area contributed by atoms with Gasteiger partial charge in [0.15, 0.2) is 0 Å². The molecule has 1 aromatic carbocycles. The fourth-order valence-electron chi connectivity index (χ4n) is 6.20. The summed E-state index contributed by atoms with van der Waals surface area (Å²) in [5.41, 5.74) is 2.66. The lowest BCUT2D eigenvalue weighted by Gasteiger charge is -2.37. The van der Waals surface area contributed by atoms with Crippen molar-refractivity contribution >= 4 is 29.1 Å². The van der Waals surface area contributed by atoms with Gasteiger partial charge in [0.25, 0.3) is 11.5 Å². The van der Waals surface area contributed by atoms with Crippen LogP contribution in [0, 0.1) is 19.7 Å². The van der Waals surface area contributed by atoms with E-state index < -0.39 is 17.3 Å². The van der Waals surface area contributed by atoms with Crippen LogP contribution in [0.15, 0.2) is 59.8 Å². The molecular weight excluding hydrogens is 590 g/mol. The molecule has 4 heterocycles. The summed E-state index contributed by atoms with van der Waals surface area (Å²) in [6.45, 7) is 5.93. The van der Waals surface area contributed by atoms with Gasteiger partial charge in [-0.3, -0.25) is 24.1 Å². The Morgan fingerprint density at radius 1 is 1.12 bits per heavy atom. The molecule has 10 heteroatoms. The largest absolute Gasteiger partial charge is 0.388 e. The Morgan fingerprint density at radius 3 is 2.65 bits per heavy atom. The Labute approximate surface area is 258 Å². The summed E-state index contributed by atoms with van der Waals surface area (Å²) in [5, 5.41) is 11.2. The van der Waals surface area contributed by atoms with Crippen LogP contribution in [-0.4, -0.2) is 49.1 Å². The van der Waals surface area contributed by atoms with Gasteiger partial charge in [0.2, 0.25) is 0 Å². The molecule has 0 unspecified atom stereocenters. The SMILES string of the molecule is Cc1cnc(-c2cccc(C(=O)N3CCC[C@](C)(O)C3)c2F)cc1-n1c(C)cc([C@H]2C[C@@H]2c2cncc(Cl)c2)c(Cl)c1=O. The minimum atomic E-state index is -1.01. The smallest absolute Gasteiger partial charge is 0.274 e. The lowest BCUT2D eigenvalue weighted by molar-refractivity contribution is -0.0109. The summed E-state index contributed by atoms with van der Waals surface area (Å²) in [4.78, 5) is 37.1. The predicted octanol–water partition coefficient (Wildman–Crippen LogP) is 6.62. The number of aliphatic hydroxyl groups is 1. The zero-order valence-electron chi connectivity index (χ0n) is 24.1. The van der Waals surface area contributed by atoms with E-state index in [9.17, 15) is 14.7 Å². The maximum absolute atomic E-state index is 15.9. The number of amides is 1. The number of piperidine rings is 1. The van der Waals surface area contributed by atoms with E-state index in [1.165, 1.54) is 15.5 Å². The number of likely N-dealkylation sites (tertiary alicyclic amines) is 1. The first-order valence-corrected chi connectivity index (χ1v) is 15.0. The van der Waals surface area contributed by atoms with Crippen LogP contribution in [0.25, 0.3) is 16.9 Å². The summed E-state index contributed by atoms with van der Waals surface area (Å²) in [6, 6.07) is 10.1. The molecule has 0 spiro atoms. The van der Waals surface area contributed by atoms with Crippen molar-refractivity contribution in [2.24, 2.45) is 0 Å². The topological polar surface area (TPSA) is 88.3 Å². The van der Waals surface area contributed by atoms with E-state index in [2.05, 4.69) is 9.97 Å². The number of halogens is 3. The molecule has 1 saturated heterocycles. The Morgan fingerprint density at radius 2 is 1.91 bits per heavy atom. The highest BCUT2D eigenvalue weighted by Gasteiger charge is 2.42. The van der Waals surface area contributed by atoms with Crippen LogP contribution in [0.1, 0.15) is 70.8 Å². The van der Waals surface area contributed by atoms with Crippen molar-refractivity contribution in [1.29, 1.82) is 0 Å². The van der Waals surface area contributed by atoms with Gasteiger partial charge in [-0.1, -0.05) is 29.3 Å². The number of hydrogen-bond acceptors (Lipinski definition) is 5. The van der Waals surface area contributed by atoms with Crippen LogP contribution in [-0.2, 0) is 0 Å². The molecule has 0 radical (unpaired) electrons. The zero-order chi connectivity index (χ0) is 30.6. The zero-order valence-corrected chi connectivity index (χ0v) is 25.6. The van der Waals surface area contributed by atoms with E-state index in [4.69, 9.17) is 23.2 Å². The molecule has 4 aromatic rings. The number of aromatic nitrogens is 3. The average Bonchev–Trinajstić information content (AvgIpc) is 3.76. The van der Waals surface area contributed by atoms with Gasteiger partial charge in [-0.2, -0.15) is 0 Å². The molecule has 1 aliphatic carbocycles. The summed E-state index contributed by atoms with van der Waals surface area (Å²) < 4.78 is 17.4. The number of hydrogen-bond donors (Lipinski definition) is 1. The number of pyridine rings is 3. The monoisotopic (exact) mass is 620 g/mol. The number of β-amino-alcohol motifs (C(OH)–C–C–N with tert-alkyl or cyclic N) is 1. The summed E-state index contributed by atoms with van der Waals surface area (Å²) in [6.07, 6.45) is 7.02. The first-order chi connectivity index (χ1) is 20.4. The highest BCUT2D eigenvalue weighted by Crippen LogP contribution is 2.56. The third-order valence-corrected chi connectivity index (χ3v) is 9.07. The van der Waals surface area contributed by atoms with E-state index in [-0.39, 0.29) is 45.8 Å². The number of rotatable bonds is 5. The van der Waals surface area contributed by atoms with Crippen LogP contribution in [0.3, 0.4) is 0 Å². The number of carbonyl (C=O) groups is 1. The van der Waals surface area contributed by atoms with E-state index >= 15 is 4.39 Å². The van der Waals surface area contributed by atoms with Gasteiger partial charge in [-0.05, 0) is 98.9 Å². The molecule has 0 bridgehead atoms. The fourth-order valence-corrected chi connectivity index (χ4v) is 6.66. The molecule has 6 rings (SSSR count). The third-order valence-electron chi connectivity index (χ3n) is 8.49. The van der Waals surface area contributed by atoms with Crippen molar-refractivity contribution in [3.05, 3.63) is 109 Å². The molecule has 3 aromatic heterocycles. The Bertz CT molecular complexity index is 1820.